The summed E-state index contributed by atoms with van der Waals surface area (Å²) in [5.41, 5.74) is 2.75. The van der Waals surface area contributed by atoms with Crippen LogP contribution in [0.2, 0.25) is 0 Å². The topological polar surface area (TPSA) is 98.3 Å². The van der Waals surface area contributed by atoms with E-state index in [0.717, 1.165) is 11.4 Å². The lowest BCUT2D eigenvalue weighted by atomic mass is 10.2. The average Bonchev–Trinajstić information content (AvgIpc) is 3.00. The van der Waals surface area contributed by atoms with E-state index in [9.17, 15) is 9.59 Å². The zero-order valence-electron chi connectivity index (χ0n) is 19.7. The van der Waals surface area contributed by atoms with Crippen LogP contribution in [0.15, 0.2) is 59.2 Å². The molecule has 3 rings (SSSR count). The van der Waals surface area contributed by atoms with Crippen LogP contribution in [0.4, 0.5) is 17.1 Å². The Hall–Kier alpha value is -3.46. The van der Waals surface area contributed by atoms with Crippen molar-refractivity contribution in [2.24, 2.45) is 4.99 Å². The number of carbonyl (C=O) groups excluding carboxylic acids is 2. The number of nitrogens with one attached hydrogen (secondary N) is 2. The molecule has 2 N–H and O–H groups in total. The molecular weight excluding hydrogens is 454 g/mol. The summed E-state index contributed by atoms with van der Waals surface area (Å²) in [5.74, 6) is 0.661. The predicted octanol–water partition coefficient (Wildman–Crippen LogP) is 5.15. The first-order valence-corrected chi connectivity index (χ1v) is 11.8. The van der Waals surface area contributed by atoms with Gasteiger partial charge in [-0.25, -0.2) is 4.99 Å². The average molecular weight is 484 g/mol. The summed E-state index contributed by atoms with van der Waals surface area (Å²) in [5, 5.41) is 6.42. The van der Waals surface area contributed by atoms with E-state index in [-0.39, 0.29) is 18.3 Å². The molecule has 8 nitrogen and oxygen atoms in total. The van der Waals surface area contributed by atoms with E-state index in [1.807, 2.05) is 31.2 Å². The molecule has 1 unspecified atom stereocenters. The molecule has 0 spiro atoms. The number of esters is 1. The lowest BCUT2D eigenvalue weighted by Gasteiger charge is -2.16. The first-order chi connectivity index (χ1) is 16.4. The molecule has 180 valence electrons. The molecule has 1 atom stereocenters. The Bertz CT molecular complexity index is 1080. The number of para-hydroxylation sites is 2. The highest BCUT2D eigenvalue weighted by atomic mass is 32.2. The van der Waals surface area contributed by atoms with Crippen LogP contribution in [0.5, 0.6) is 11.5 Å². The second kappa shape index (κ2) is 12.1. The molecule has 1 aliphatic rings. The van der Waals surface area contributed by atoms with Crippen LogP contribution < -0.4 is 20.1 Å². The molecule has 0 radical (unpaired) electrons. The van der Waals surface area contributed by atoms with Gasteiger partial charge >= 0.3 is 5.97 Å². The number of hydrogen-bond donors (Lipinski definition) is 2. The van der Waals surface area contributed by atoms with Crippen LogP contribution in [0, 0.1) is 0 Å². The van der Waals surface area contributed by atoms with Gasteiger partial charge in [0.2, 0.25) is 5.91 Å². The van der Waals surface area contributed by atoms with Gasteiger partial charge in [-0.05, 0) is 31.6 Å². The van der Waals surface area contributed by atoms with Crippen LogP contribution >= 0.6 is 11.8 Å². The molecule has 0 bridgehead atoms. The molecule has 1 heterocycles. The Morgan fingerprint density at radius 1 is 1.09 bits per heavy atom. The SMILES string of the molecule is CCOC(=O)CC1=CC(SC(CC)C(=O)Nc2cc(OC)cc(OC)c2)=Nc2ccccc2N1. The third-order valence-corrected chi connectivity index (χ3v) is 6.20. The zero-order chi connectivity index (χ0) is 24.5. The lowest BCUT2D eigenvalue weighted by Crippen LogP contribution is -2.25. The van der Waals surface area contributed by atoms with Crippen molar-refractivity contribution < 1.29 is 23.8 Å². The van der Waals surface area contributed by atoms with Crippen molar-refractivity contribution in [3.05, 3.63) is 54.2 Å². The first kappa shape index (κ1) is 25.2. The third-order valence-electron chi connectivity index (χ3n) is 4.91. The van der Waals surface area contributed by atoms with Gasteiger partial charge in [0.15, 0.2) is 0 Å². The van der Waals surface area contributed by atoms with Crippen molar-refractivity contribution in [1.29, 1.82) is 0 Å². The number of carbonyl (C=O) groups is 2. The van der Waals surface area contributed by atoms with Gasteiger partial charge in [0.25, 0.3) is 0 Å². The summed E-state index contributed by atoms with van der Waals surface area (Å²) in [6.07, 6.45) is 2.45. The van der Waals surface area contributed by atoms with Crippen molar-refractivity contribution in [2.45, 2.75) is 31.9 Å². The summed E-state index contributed by atoms with van der Waals surface area (Å²) in [4.78, 5) is 30.0. The number of fused-ring (bicyclic) bond motifs is 1. The smallest absolute Gasteiger partial charge is 0.311 e. The van der Waals surface area contributed by atoms with Crippen molar-refractivity contribution in [2.75, 3.05) is 31.5 Å². The molecule has 2 aromatic rings. The van der Waals surface area contributed by atoms with E-state index >= 15 is 0 Å². The van der Waals surface area contributed by atoms with Crippen molar-refractivity contribution in [1.82, 2.24) is 0 Å². The third kappa shape index (κ3) is 6.77. The first-order valence-electron chi connectivity index (χ1n) is 11.0. The van der Waals surface area contributed by atoms with Crippen molar-refractivity contribution in [3.8, 4) is 11.5 Å². The van der Waals surface area contributed by atoms with Gasteiger partial charge < -0.3 is 24.8 Å². The number of amides is 1. The minimum Gasteiger partial charge on any atom is -0.497 e. The fraction of sp³-hybridized carbons (Fsp3) is 0.320. The van der Waals surface area contributed by atoms with Gasteiger partial charge in [-0.3, -0.25) is 9.59 Å². The minimum atomic E-state index is -0.415. The number of methoxy groups -OCH3 is 2. The summed E-state index contributed by atoms with van der Waals surface area (Å²) in [6.45, 7) is 4.02. The number of hydrogen-bond acceptors (Lipinski definition) is 8. The fourth-order valence-corrected chi connectivity index (χ4v) is 4.26. The van der Waals surface area contributed by atoms with E-state index in [4.69, 9.17) is 19.2 Å². The molecule has 1 amide bonds. The van der Waals surface area contributed by atoms with E-state index in [0.29, 0.717) is 41.0 Å². The molecule has 0 fully saturated rings. The van der Waals surface area contributed by atoms with Crippen molar-refractivity contribution >= 4 is 45.7 Å². The normalized spacial score (nSPS) is 13.3. The summed E-state index contributed by atoms with van der Waals surface area (Å²) < 4.78 is 15.7. The highest BCUT2D eigenvalue weighted by Crippen LogP contribution is 2.33. The van der Waals surface area contributed by atoms with Gasteiger partial charge in [0.05, 0.1) is 48.9 Å². The van der Waals surface area contributed by atoms with Gasteiger partial charge in [0.1, 0.15) is 11.5 Å². The Morgan fingerprint density at radius 3 is 2.44 bits per heavy atom. The van der Waals surface area contributed by atoms with E-state index in [2.05, 4.69) is 10.6 Å². The largest absolute Gasteiger partial charge is 0.497 e. The second-order valence-electron chi connectivity index (χ2n) is 7.35. The van der Waals surface area contributed by atoms with E-state index in [1.165, 1.54) is 11.8 Å². The maximum atomic E-state index is 13.1. The predicted molar refractivity (Wildman–Crippen MR) is 136 cm³/mol. The van der Waals surface area contributed by atoms with Gasteiger partial charge in [-0.2, -0.15) is 0 Å². The maximum Gasteiger partial charge on any atom is 0.311 e. The number of nitrogens with zero attached hydrogens (tertiary/aromatic N) is 1. The van der Waals surface area contributed by atoms with Crippen LogP contribution in [-0.2, 0) is 14.3 Å². The van der Waals surface area contributed by atoms with Crippen LogP contribution in [0.1, 0.15) is 26.7 Å². The lowest BCUT2D eigenvalue weighted by molar-refractivity contribution is -0.142. The number of thioether (sulfide) groups is 1. The minimum absolute atomic E-state index is 0.0777. The summed E-state index contributed by atoms with van der Waals surface area (Å²) in [7, 11) is 3.11. The Morgan fingerprint density at radius 2 is 1.79 bits per heavy atom. The molecule has 9 heteroatoms. The number of rotatable bonds is 9. The quantitative estimate of drug-likeness (QED) is 0.476. The maximum absolute atomic E-state index is 13.1. The van der Waals surface area contributed by atoms with Gasteiger partial charge in [-0.1, -0.05) is 30.8 Å². The zero-order valence-corrected chi connectivity index (χ0v) is 20.5. The number of ether oxygens (including phenoxy) is 3. The van der Waals surface area contributed by atoms with Crippen LogP contribution in [0.25, 0.3) is 0 Å². The second-order valence-corrected chi connectivity index (χ2v) is 8.57. The standard InChI is InChI=1S/C25H29N3O5S/c1-5-22(25(30)27-16-11-18(31-3)15-19(12-16)32-4)34-23-13-17(14-24(29)33-6-2)26-20-9-7-8-10-21(20)28-23/h7-13,15,22,26H,5-6,14H2,1-4H3,(H,27,30). The molecule has 0 saturated heterocycles. The monoisotopic (exact) mass is 483 g/mol. The van der Waals surface area contributed by atoms with Crippen LogP contribution in [-0.4, -0.2) is 43.0 Å². The Balaban J connectivity index is 1.82. The molecular formula is C25H29N3O5S. The molecule has 2 aromatic carbocycles. The fourth-order valence-electron chi connectivity index (χ4n) is 3.28. The molecule has 0 aliphatic carbocycles. The van der Waals surface area contributed by atoms with E-state index in [1.54, 1.807) is 45.4 Å². The molecule has 34 heavy (non-hydrogen) atoms. The Labute approximate surface area is 203 Å². The molecule has 1 aliphatic heterocycles. The number of anilines is 2. The van der Waals surface area contributed by atoms with Crippen LogP contribution in [0.3, 0.4) is 0 Å². The number of aliphatic imine (C=N–C) groups is 1. The summed E-state index contributed by atoms with van der Waals surface area (Å²) in [6, 6.07) is 12.8. The number of benzene rings is 2. The highest BCUT2D eigenvalue weighted by Gasteiger charge is 2.22. The molecule has 0 aromatic heterocycles. The molecule has 0 saturated carbocycles. The highest BCUT2D eigenvalue weighted by molar-refractivity contribution is 8.15. The summed E-state index contributed by atoms with van der Waals surface area (Å²) >= 11 is 1.34. The van der Waals surface area contributed by atoms with Gasteiger partial charge in [0, 0.05) is 29.6 Å². The van der Waals surface area contributed by atoms with Crippen molar-refractivity contribution in [3.63, 3.8) is 0 Å². The van der Waals surface area contributed by atoms with Gasteiger partial charge in [-0.15, -0.1) is 0 Å². The van der Waals surface area contributed by atoms with E-state index < -0.39 is 5.25 Å². The Kier molecular flexibility index (Phi) is 8.98.